The summed E-state index contributed by atoms with van der Waals surface area (Å²) >= 11 is 12.3. The molecule has 9 heteroatoms. The first kappa shape index (κ1) is 22.8. The van der Waals surface area contributed by atoms with Crippen molar-refractivity contribution in [1.82, 2.24) is 4.98 Å². The largest absolute Gasteiger partial charge is 0.455 e. The molecule has 1 aromatic heterocycles. The second-order valence-electron chi connectivity index (χ2n) is 6.38. The van der Waals surface area contributed by atoms with Crippen LogP contribution < -0.4 is 5.32 Å². The molecule has 1 heterocycles. The molecule has 1 N–H and O–H groups in total. The number of carbonyl (C=O) groups excluding carboxylic acids is 2. The molecule has 0 unspecified atom stereocenters. The van der Waals surface area contributed by atoms with Crippen molar-refractivity contribution in [3.05, 3.63) is 62.4 Å². The number of aromatic nitrogens is 1. The van der Waals surface area contributed by atoms with Crippen LogP contribution in [-0.4, -0.2) is 29.2 Å². The molecule has 3 rings (SSSR count). The molecule has 0 aliphatic carbocycles. The Morgan fingerprint density at radius 3 is 2.77 bits per heavy atom. The van der Waals surface area contributed by atoms with E-state index in [0.717, 1.165) is 26.1 Å². The molecule has 30 heavy (non-hydrogen) atoms. The van der Waals surface area contributed by atoms with Crippen LogP contribution in [0.15, 0.2) is 51.1 Å². The van der Waals surface area contributed by atoms with E-state index < -0.39 is 11.9 Å². The summed E-state index contributed by atoms with van der Waals surface area (Å²) in [4.78, 5) is 29.5. The van der Waals surface area contributed by atoms with E-state index in [9.17, 15) is 9.59 Å². The van der Waals surface area contributed by atoms with Gasteiger partial charge < -0.3 is 4.74 Å². The molecule has 2 aromatic carbocycles. The normalized spacial score (nSPS) is 10.7. The lowest BCUT2D eigenvalue weighted by Crippen LogP contribution is -2.21. The van der Waals surface area contributed by atoms with E-state index in [4.69, 9.17) is 16.3 Å². The molecule has 0 saturated carbocycles. The minimum absolute atomic E-state index is 0.128. The number of hydrogen-bond donors (Lipinski definition) is 1. The number of hydrogen-bond acceptors (Lipinski definition) is 6. The summed E-state index contributed by atoms with van der Waals surface area (Å²) in [5.74, 6) is -0.765. The Kier molecular flexibility index (Phi) is 7.93. The van der Waals surface area contributed by atoms with Gasteiger partial charge in [-0.05, 0) is 43.2 Å². The predicted octanol–water partition coefficient (Wildman–Crippen LogP) is 6.12. The van der Waals surface area contributed by atoms with Gasteiger partial charge in [-0.1, -0.05) is 45.7 Å². The van der Waals surface area contributed by atoms with Gasteiger partial charge in [-0.3, -0.25) is 14.9 Å². The number of esters is 1. The van der Waals surface area contributed by atoms with Crippen LogP contribution in [0.2, 0.25) is 5.02 Å². The van der Waals surface area contributed by atoms with E-state index in [1.807, 2.05) is 49.6 Å². The maximum atomic E-state index is 12.1. The van der Waals surface area contributed by atoms with Crippen LogP contribution in [0, 0.1) is 13.8 Å². The smallest absolute Gasteiger partial charge is 0.316 e. The molecule has 0 fully saturated rings. The Morgan fingerprint density at radius 1 is 1.23 bits per heavy atom. The summed E-state index contributed by atoms with van der Waals surface area (Å²) < 4.78 is 6.11. The number of ether oxygens (including phenoxy) is 1. The molecule has 0 saturated heterocycles. The third-order valence-corrected chi connectivity index (χ3v) is 7.14. The number of thiazole rings is 1. The number of anilines is 1. The van der Waals surface area contributed by atoms with Crippen molar-refractivity contribution in [2.45, 2.75) is 18.7 Å². The molecule has 0 aliphatic rings. The average Bonchev–Trinajstić information content (AvgIpc) is 3.16. The zero-order valence-electron chi connectivity index (χ0n) is 16.2. The number of carbonyl (C=O) groups is 2. The zero-order chi connectivity index (χ0) is 21.7. The Bertz CT molecular complexity index is 1090. The quantitative estimate of drug-likeness (QED) is 0.297. The fourth-order valence-corrected chi connectivity index (χ4v) is 4.83. The Hall–Kier alpha value is -1.87. The molecule has 0 aliphatic heterocycles. The molecular weight excluding hydrogens is 508 g/mol. The third-order valence-electron chi connectivity index (χ3n) is 4.07. The molecule has 156 valence electrons. The van der Waals surface area contributed by atoms with Crippen molar-refractivity contribution in [3.8, 4) is 11.3 Å². The van der Waals surface area contributed by atoms with E-state index in [-0.39, 0.29) is 12.4 Å². The zero-order valence-corrected chi connectivity index (χ0v) is 20.2. The van der Waals surface area contributed by atoms with E-state index in [0.29, 0.717) is 15.8 Å². The number of halogens is 2. The van der Waals surface area contributed by atoms with E-state index in [1.54, 1.807) is 6.07 Å². The lowest BCUT2D eigenvalue weighted by Gasteiger charge is -2.09. The fourth-order valence-electron chi connectivity index (χ4n) is 2.51. The van der Waals surface area contributed by atoms with Gasteiger partial charge in [-0.25, -0.2) is 4.98 Å². The van der Waals surface area contributed by atoms with Gasteiger partial charge in [-0.2, -0.15) is 0 Å². The van der Waals surface area contributed by atoms with Crippen molar-refractivity contribution >= 4 is 67.6 Å². The highest BCUT2D eigenvalue weighted by Crippen LogP contribution is 2.30. The number of rotatable bonds is 7. The highest BCUT2D eigenvalue weighted by Gasteiger charge is 2.13. The molecule has 0 spiro atoms. The van der Waals surface area contributed by atoms with Gasteiger partial charge in [0.15, 0.2) is 11.7 Å². The number of aryl methyl sites for hydroxylation is 2. The fraction of sp³-hybridized carbons (Fsp3) is 0.190. The van der Waals surface area contributed by atoms with Gasteiger partial charge in [-0.15, -0.1) is 23.1 Å². The van der Waals surface area contributed by atoms with E-state index in [2.05, 4.69) is 26.2 Å². The summed E-state index contributed by atoms with van der Waals surface area (Å²) in [6, 6.07) is 11.4. The highest BCUT2D eigenvalue weighted by atomic mass is 79.9. The third kappa shape index (κ3) is 6.07. The first-order chi connectivity index (χ1) is 14.3. The Morgan fingerprint density at radius 2 is 2.00 bits per heavy atom. The topological polar surface area (TPSA) is 68.3 Å². The van der Waals surface area contributed by atoms with Crippen LogP contribution in [0.25, 0.3) is 11.3 Å². The first-order valence-corrected chi connectivity index (χ1v) is 11.9. The Balaban J connectivity index is 1.47. The summed E-state index contributed by atoms with van der Waals surface area (Å²) in [6.45, 7) is 3.61. The summed E-state index contributed by atoms with van der Waals surface area (Å²) in [6.07, 6.45) is 0. The van der Waals surface area contributed by atoms with Crippen LogP contribution >= 0.6 is 50.6 Å². The van der Waals surface area contributed by atoms with Gasteiger partial charge in [0.2, 0.25) is 0 Å². The number of nitrogens with zero attached hydrogens (tertiary/aromatic N) is 1. The average molecular weight is 526 g/mol. The number of thioether (sulfide) groups is 1. The molecule has 0 atom stereocenters. The summed E-state index contributed by atoms with van der Waals surface area (Å²) in [5, 5.41) is 5.45. The van der Waals surface area contributed by atoms with Crippen molar-refractivity contribution in [2.75, 3.05) is 17.7 Å². The van der Waals surface area contributed by atoms with E-state index >= 15 is 0 Å². The number of amides is 1. The lowest BCUT2D eigenvalue weighted by molar-refractivity contribution is -0.144. The molecule has 0 radical (unpaired) electrons. The van der Waals surface area contributed by atoms with Crippen molar-refractivity contribution < 1.29 is 14.3 Å². The summed E-state index contributed by atoms with van der Waals surface area (Å²) in [5.41, 5.74) is 3.63. The minimum atomic E-state index is -0.453. The van der Waals surface area contributed by atoms with Crippen molar-refractivity contribution in [2.24, 2.45) is 0 Å². The predicted molar refractivity (Wildman–Crippen MR) is 126 cm³/mol. The molecule has 5 nitrogen and oxygen atoms in total. The maximum absolute atomic E-state index is 12.1. The van der Waals surface area contributed by atoms with Crippen LogP contribution in [0.1, 0.15) is 11.1 Å². The second kappa shape index (κ2) is 10.4. The van der Waals surface area contributed by atoms with Gasteiger partial charge in [0, 0.05) is 25.3 Å². The second-order valence-corrected chi connectivity index (χ2v) is 9.52. The van der Waals surface area contributed by atoms with Gasteiger partial charge in [0.25, 0.3) is 5.91 Å². The molecular formula is C21H18BrClN2O3S2. The number of nitrogens with one attached hydrogen (secondary N) is 1. The van der Waals surface area contributed by atoms with Crippen molar-refractivity contribution in [3.63, 3.8) is 0 Å². The van der Waals surface area contributed by atoms with Crippen LogP contribution in [0.3, 0.4) is 0 Å². The molecule has 1 amide bonds. The van der Waals surface area contributed by atoms with Crippen LogP contribution in [0.5, 0.6) is 0 Å². The highest BCUT2D eigenvalue weighted by molar-refractivity contribution is 9.10. The molecule has 0 bridgehead atoms. The van der Waals surface area contributed by atoms with Crippen LogP contribution in [0.4, 0.5) is 5.13 Å². The van der Waals surface area contributed by atoms with Crippen molar-refractivity contribution in [1.29, 1.82) is 0 Å². The monoisotopic (exact) mass is 524 g/mol. The van der Waals surface area contributed by atoms with Gasteiger partial charge >= 0.3 is 5.97 Å². The number of benzene rings is 2. The minimum Gasteiger partial charge on any atom is -0.455 e. The van der Waals surface area contributed by atoms with Gasteiger partial charge in [0.05, 0.1) is 11.4 Å². The molecule has 3 aromatic rings. The Labute approximate surface area is 196 Å². The van der Waals surface area contributed by atoms with Gasteiger partial charge in [0.1, 0.15) is 0 Å². The SMILES string of the molecule is Cc1cc(SCC(=O)OCC(=O)Nc2nc(-c3ccccc3Cl)cs2)c(C)cc1Br. The first-order valence-electron chi connectivity index (χ1n) is 8.89. The standard InChI is InChI=1S/C21H18BrClN2O3S2/c1-12-8-18(13(2)7-15(12)22)29-11-20(27)28-9-19(26)25-21-24-17(10-30-21)14-5-3-4-6-16(14)23/h3-8,10H,9,11H2,1-2H3,(H,24,25,26). The van der Waals surface area contributed by atoms with E-state index in [1.165, 1.54) is 23.1 Å². The lowest BCUT2D eigenvalue weighted by atomic mass is 10.2. The maximum Gasteiger partial charge on any atom is 0.316 e. The summed E-state index contributed by atoms with van der Waals surface area (Å²) in [7, 11) is 0. The van der Waals surface area contributed by atoms with Crippen LogP contribution in [-0.2, 0) is 14.3 Å².